The summed E-state index contributed by atoms with van der Waals surface area (Å²) in [4.78, 5) is 14.0. The SMILES string of the molecule is C[C@@H]1C(=O)N(c2ccc(F)c(Cl)c2)CCN1S(=O)(=O)c1ccc(F)cc1. The van der Waals surface area contributed by atoms with Crippen LogP contribution in [0.3, 0.4) is 0 Å². The van der Waals surface area contributed by atoms with E-state index in [0.717, 1.165) is 34.6 Å². The van der Waals surface area contributed by atoms with Crippen LogP contribution < -0.4 is 4.90 Å². The highest BCUT2D eigenvalue weighted by Gasteiger charge is 2.39. The van der Waals surface area contributed by atoms with E-state index in [2.05, 4.69) is 0 Å². The van der Waals surface area contributed by atoms with E-state index < -0.39 is 33.6 Å². The minimum absolute atomic E-state index is 0.0433. The number of piperazine rings is 1. The summed E-state index contributed by atoms with van der Waals surface area (Å²) in [5, 5.41) is -0.121. The van der Waals surface area contributed by atoms with Gasteiger partial charge in [-0.05, 0) is 49.4 Å². The number of anilines is 1. The van der Waals surface area contributed by atoms with Crippen LogP contribution in [0.25, 0.3) is 0 Å². The highest BCUT2D eigenvalue weighted by molar-refractivity contribution is 7.89. The molecule has 3 rings (SSSR count). The Morgan fingerprint density at radius 1 is 1.08 bits per heavy atom. The Bertz CT molecular complexity index is 951. The zero-order valence-electron chi connectivity index (χ0n) is 13.7. The van der Waals surface area contributed by atoms with Gasteiger partial charge in [0, 0.05) is 18.8 Å². The van der Waals surface area contributed by atoms with E-state index in [1.807, 2.05) is 0 Å². The maximum Gasteiger partial charge on any atom is 0.245 e. The molecule has 9 heteroatoms. The van der Waals surface area contributed by atoms with E-state index in [9.17, 15) is 22.0 Å². The Morgan fingerprint density at radius 3 is 2.35 bits per heavy atom. The van der Waals surface area contributed by atoms with Gasteiger partial charge in [0.15, 0.2) is 0 Å². The van der Waals surface area contributed by atoms with Crippen molar-refractivity contribution < 1.29 is 22.0 Å². The van der Waals surface area contributed by atoms with Crippen LogP contribution in [-0.4, -0.2) is 37.8 Å². The monoisotopic (exact) mass is 400 g/mol. The number of hydrogen-bond donors (Lipinski definition) is 0. The molecule has 0 spiro atoms. The van der Waals surface area contributed by atoms with E-state index in [-0.39, 0.29) is 23.0 Å². The molecule has 0 aromatic heterocycles. The van der Waals surface area contributed by atoms with Crippen molar-refractivity contribution in [2.45, 2.75) is 17.9 Å². The molecule has 0 aliphatic carbocycles. The number of rotatable bonds is 3. The van der Waals surface area contributed by atoms with Gasteiger partial charge < -0.3 is 4.90 Å². The number of carbonyl (C=O) groups is 1. The van der Waals surface area contributed by atoms with E-state index in [0.29, 0.717) is 5.69 Å². The summed E-state index contributed by atoms with van der Waals surface area (Å²) < 4.78 is 53.0. The Kier molecular flexibility index (Phi) is 5.01. The second-order valence-electron chi connectivity index (χ2n) is 5.83. The van der Waals surface area contributed by atoms with Crippen molar-refractivity contribution in [1.29, 1.82) is 0 Å². The van der Waals surface area contributed by atoms with E-state index >= 15 is 0 Å². The minimum atomic E-state index is -3.95. The maximum absolute atomic E-state index is 13.3. The largest absolute Gasteiger partial charge is 0.310 e. The van der Waals surface area contributed by atoms with Crippen molar-refractivity contribution in [2.75, 3.05) is 18.0 Å². The molecular weight excluding hydrogens is 386 g/mol. The lowest BCUT2D eigenvalue weighted by Gasteiger charge is -2.38. The van der Waals surface area contributed by atoms with Gasteiger partial charge in [0.2, 0.25) is 15.9 Å². The smallest absolute Gasteiger partial charge is 0.245 e. The molecule has 0 bridgehead atoms. The number of sulfonamides is 1. The highest BCUT2D eigenvalue weighted by Crippen LogP contribution is 2.28. The second kappa shape index (κ2) is 6.94. The summed E-state index contributed by atoms with van der Waals surface area (Å²) in [6, 6.07) is 7.34. The first-order valence-electron chi connectivity index (χ1n) is 7.75. The quantitative estimate of drug-likeness (QED) is 0.795. The van der Waals surface area contributed by atoms with Crippen LogP contribution >= 0.6 is 11.6 Å². The normalized spacial score (nSPS) is 19.0. The standard InChI is InChI=1S/C17H15ClF2N2O3S/c1-11-17(23)21(13-4-7-16(20)15(18)10-13)8-9-22(11)26(24,25)14-5-2-12(19)3-6-14/h2-7,10-11H,8-9H2,1H3/t11-/m1/s1. The second-order valence-corrected chi connectivity index (χ2v) is 8.13. The summed E-state index contributed by atoms with van der Waals surface area (Å²) in [5.41, 5.74) is 0.395. The highest BCUT2D eigenvalue weighted by atomic mass is 35.5. The van der Waals surface area contributed by atoms with Crippen molar-refractivity contribution >= 4 is 33.2 Å². The topological polar surface area (TPSA) is 57.7 Å². The molecule has 1 heterocycles. The van der Waals surface area contributed by atoms with Crippen molar-refractivity contribution in [1.82, 2.24) is 4.31 Å². The van der Waals surface area contributed by atoms with E-state index in [1.54, 1.807) is 0 Å². The number of nitrogens with zero attached hydrogens (tertiary/aromatic N) is 2. The van der Waals surface area contributed by atoms with Crippen molar-refractivity contribution in [3.8, 4) is 0 Å². The third-order valence-corrected chi connectivity index (χ3v) is 6.51. The Balaban J connectivity index is 1.87. The molecular formula is C17H15ClF2N2O3S. The van der Waals surface area contributed by atoms with Crippen molar-refractivity contribution in [2.24, 2.45) is 0 Å². The summed E-state index contributed by atoms with van der Waals surface area (Å²) in [5.74, 6) is -1.61. The van der Waals surface area contributed by atoms with Gasteiger partial charge >= 0.3 is 0 Å². The molecule has 0 N–H and O–H groups in total. The van der Waals surface area contributed by atoms with Crippen LogP contribution in [0.4, 0.5) is 14.5 Å². The van der Waals surface area contributed by atoms with Gasteiger partial charge in [0.1, 0.15) is 17.7 Å². The maximum atomic E-state index is 13.3. The lowest BCUT2D eigenvalue weighted by atomic mass is 10.2. The molecule has 0 unspecified atom stereocenters. The van der Waals surface area contributed by atoms with Crippen LogP contribution in [-0.2, 0) is 14.8 Å². The van der Waals surface area contributed by atoms with Crippen LogP contribution in [0.5, 0.6) is 0 Å². The van der Waals surface area contributed by atoms with Gasteiger partial charge in [0.25, 0.3) is 0 Å². The number of carbonyl (C=O) groups excluding carboxylic acids is 1. The molecule has 1 fully saturated rings. The van der Waals surface area contributed by atoms with E-state index in [4.69, 9.17) is 11.6 Å². The zero-order valence-corrected chi connectivity index (χ0v) is 15.3. The number of benzene rings is 2. The molecule has 2 aromatic carbocycles. The predicted molar refractivity (Wildman–Crippen MR) is 93.5 cm³/mol. The fourth-order valence-corrected chi connectivity index (χ4v) is 4.58. The molecule has 0 saturated carbocycles. The number of amides is 1. The Labute approximate surface area is 154 Å². The summed E-state index contributed by atoms with van der Waals surface area (Å²) in [6.07, 6.45) is 0. The Morgan fingerprint density at radius 2 is 1.73 bits per heavy atom. The fourth-order valence-electron chi connectivity index (χ4n) is 2.83. The molecule has 5 nitrogen and oxygen atoms in total. The fraction of sp³-hybridized carbons (Fsp3) is 0.235. The third-order valence-electron chi connectivity index (χ3n) is 4.23. The first-order valence-corrected chi connectivity index (χ1v) is 9.57. The molecule has 1 atom stereocenters. The minimum Gasteiger partial charge on any atom is -0.310 e. The van der Waals surface area contributed by atoms with Crippen molar-refractivity contribution in [3.63, 3.8) is 0 Å². The molecule has 0 radical (unpaired) electrons. The lowest BCUT2D eigenvalue weighted by Crippen LogP contribution is -2.57. The third kappa shape index (κ3) is 3.32. The van der Waals surface area contributed by atoms with Crippen LogP contribution in [0.1, 0.15) is 6.92 Å². The van der Waals surface area contributed by atoms with E-state index in [1.165, 1.54) is 24.0 Å². The molecule has 2 aromatic rings. The predicted octanol–water partition coefficient (Wildman–Crippen LogP) is 3.04. The molecule has 1 aliphatic rings. The number of hydrogen-bond acceptors (Lipinski definition) is 3. The Hall–Kier alpha value is -2.03. The molecule has 1 amide bonds. The number of halogens is 3. The van der Waals surface area contributed by atoms with Gasteiger partial charge in [-0.2, -0.15) is 4.31 Å². The van der Waals surface area contributed by atoms with Gasteiger partial charge in [-0.3, -0.25) is 4.79 Å². The zero-order chi connectivity index (χ0) is 19.1. The summed E-state index contributed by atoms with van der Waals surface area (Å²) in [6.45, 7) is 1.61. The van der Waals surface area contributed by atoms with Crippen LogP contribution in [0.2, 0.25) is 5.02 Å². The summed E-state index contributed by atoms with van der Waals surface area (Å²) in [7, 11) is -3.95. The summed E-state index contributed by atoms with van der Waals surface area (Å²) >= 11 is 5.76. The molecule has 1 saturated heterocycles. The van der Waals surface area contributed by atoms with Gasteiger partial charge in [-0.1, -0.05) is 11.6 Å². The molecule has 26 heavy (non-hydrogen) atoms. The molecule has 1 aliphatic heterocycles. The van der Waals surface area contributed by atoms with Crippen LogP contribution in [0, 0.1) is 11.6 Å². The van der Waals surface area contributed by atoms with Gasteiger partial charge in [-0.25, -0.2) is 17.2 Å². The molecule has 138 valence electrons. The van der Waals surface area contributed by atoms with Gasteiger partial charge in [0.05, 0.1) is 9.92 Å². The van der Waals surface area contributed by atoms with Crippen LogP contribution in [0.15, 0.2) is 47.4 Å². The van der Waals surface area contributed by atoms with Gasteiger partial charge in [-0.15, -0.1) is 0 Å². The van der Waals surface area contributed by atoms with Crippen molar-refractivity contribution in [3.05, 3.63) is 59.1 Å². The average Bonchev–Trinajstić information content (AvgIpc) is 2.60. The lowest BCUT2D eigenvalue weighted by molar-refractivity contribution is -0.123. The first kappa shape index (κ1) is 18.8. The average molecular weight is 401 g/mol. The first-order chi connectivity index (χ1) is 12.2.